The molecule has 0 radical (unpaired) electrons. The Labute approximate surface area is 206 Å². The number of hydrogen-bond donors (Lipinski definition) is 0. The number of likely N-dealkylation sites (tertiary alicyclic amines) is 1. The second kappa shape index (κ2) is 10.1. The molecule has 0 bridgehead atoms. The number of carbonyl (C=O) groups is 1. The molecule has 2 unspecified atom stereocenters. The number of hydrogen-bond acceptors (Lipinski definition) is 8. The first-order chi connectivity index (χ1) is 16.9. The molecule has 0 saturated carbocycles. The molecule has 0 aromatic heterocycles. The second-order valence-electron chi connectivity index (χ2n) is 8.84. The van der Waals surface area contributed by atoms with E-state index in [-0.39, 0.29) is 11.5 Å². The molecule has 1 heterocycles. The average Bonchev–Trinajstić information content (AvgIpc) is 3.23. The van der Waals surface area contributed by atoms with E-state index in [0.717, 1.165) is 25.1 Å². The van der Waals surface area contributed by atoms with Crippen molar-refractivity contribution in [3.05, 3.63) is 53.3 Å². The molecule has 2 aromatic carbocycles. The second-order valence-corrected chi connectivity index (χ2v) is 8.84. The van der Waals surface area contributed by atoms with Crippen molar-refractivity contribution in [1.29, 1.82) is 0 Å². The number of nitrogens with zero attached hydrogens (tertiary/aromatic N) is 1. The van der Waals surface area contributed by atoms with Gasteiger partial charge in [0.2, 0.25) is 5.75 Å². The Bertz CT molecular complexity index is 1100. The molecule has 1 saturated heterocycles. The molecule has 188 valence electrons. The third kappa shape index (κ3) is 4.38. The summed E-state index contributed by atoms with van der Waals surface area (Å²) in [4.78, 5) is 15.4. The van der Waals surface area contributed by atoms with Gasteiger partial charge in [0.15, 0.2) is 23.0 Å². The molecule has 8 nitrogen and oxygen atoms in total. The molecule has 2 aromatic rings. The minimum atomic E-state index is -0.463. The fourth-order valence-electron chi connectivity index (χ4n) is 5.32. The first-order valence-electron chi connectivity index (χ1n) is 11.6. The van der Waals surface area contributed by atoms with Crippen LogP contribution in [0.3, 0.4) is 0 Å². The van der Waals surface area contributed by atoms with E-state index in [1.165, 1.54) is 26.9 Å². The van der Waals surface area contributed by atoms with Crippen LogP contribution < -0.4 is 23.7 Å². The number of rotatable bonds is 8. The van der Waals surface area contributed by atoms with Crippen molar-refractivity contribution >= 4 is 5.97 Å². The number of allylic oxidation sites excluding steroid dienone is 1. The zero-order valence-electron chi connectivity index (χ0n) is 21.2. The molecule has 35 heavy (non-hydrogen) atoms. The summed E-state index contributed by atoms with van der Waals surface area (Å²) in [6.45, 7) is 0.948. The van der Waals surface area contributed by atoms with Gasteiger partial charge >= 0.3 is 5.97 Å². The smallest absolute Gasteiger partial charge is 0.343 e. The standard InChI is InChI=1S/C27H33NO7/c1-28-12-11-27(18-7-8-20(30-2)21(15-18)31-3)10-9-19(16-24(27)28)35-26(29)17-13-22(32-4)25(34-6)23(14-17)33-5/h7-8,13-16,24H,9-12H2,1-6H3. The lowest BCUT2D eigenvalue weighted by Gasteiger charge is -2.40. The Morgan fingerprint density at radius 3 is 2.11 bits per heavy atom. The lowest BCUT2D eigenvalue weighted by molar-refractivity contribution is 0.0592. The maximum Gasteiger partial charge on any atom is 0.343 e. The molecule has 1 aliphatic heterocycles. The quantitative estimate of drug-likeness (QED) is 0.517. The van der Waals surface area contributed by atoms with E-state index in [1.54, 1.807) is 26.4 Å². The number of likely N-dealkylation sites (N-methyl/N-ethyl adjacent to an activating group) is 1. The predicted octanol–water partition coefficient (Wildman–Crippen LogP) is 4.21. The SMILES string of the molecule is COc1ccc(C23CCC(OC(=O)c4cc(OC)c(OC)c(OC)c4)=CC2N(C)CC3)cc1OC. The largest absolute Gasteiger partial charge is 0.493 e. The molecule has 1 fully saturated rings. The van der Waals surface area contributed by atoms with Gasteiger partial charge in [-0.25, -0.2) is 4.79 Å². The van der Waals surface area contributed by atoms with Gasteiger partial charge in [0.25, 0.3) is 0 Å². The minimum absolute atomic E-state index is 0.0865. The normalized spacial score (nSPS) is 21.5. The van der Waals surface area contributed by atoms with Crippen LogP contribution in [0.25, 0.3) is 0 Å². The van der Waals surface area contributed by atoms with Gasteiger partial charge in [-0.05, 0) is 62.3 Å². The summed E-state index contributed by atoms with van der Waals surface area (Å²) >= 11 is 0. The lowest BCUT2D eigenvalue weighted by Crippen LogP contribution is -2.42. The van der Waals surface area contributed by atoms with E-state index in [0.29, 0.717) is 40.7 Å². The van der Waals surface area contributed by atoms with Crippen molar-refractivity contribution < 1.29 is 33.2 Å². The van der Waals surface area contributed by atoms with Crippen molar-refractivity contribution in [2.24, 2.45) is 0 Å². The predicted molar refractivity (Wildman–Crippen MR) is 131 cm³/mol. The van der Waals surface area contributed by atoms with E-state index < -0.39 is 5.97 Å². The van der Waals surface area contributed by atoms with Crippen molar-refractivity contribution in [2.75, 3.05) is 49.1 Å². The summed E-state index contributed by atoms with van der Waals surface area (Å²) in [6.07, 6.45) is 4.60. The van der Waals surface area contributed by atoms with Crippen LogP contribution in [-0.2, 0) is 10.2 Å². The molecular formula is C27H33NO7. The average molecular weight is 484 g/mol. The summed E-state index contributed by atoms with van der Waals surface area (Å²) in [5.74, 6) is 2.86. The Kier molecular flexibility index (Phi) is 7.12. The number of carbonyl (C=O) groups excluding carboxylic acids is 1. The maximum atomic E-state index is 13.1. The van der Waals surface area contributed by atoms with Crippen LogP contribution in [0.2, 0.25) is 0 Å². The molecule has 0 spiro atoms. The zero-order chi connectivity index (χ0) is 25.2. The molecule has 0 N–H and O–H groups in total. The van der Waals surface area contributed by atoms with Crippen LogP contribution >= 0.6 is 0 Å². The van der Waals surface area contributed by atoms with Gasteiger partial charge in [-0.3, -0.25) is 4.90 Å². The van der Waals surface area contributed by atoms with Crippen LogP contribution in [0.15, 0.2) is 42.2 Å². The highest BCUT2D eigenvalue weighted by Gasteiger charge is 2.48. The number of methoxy groups -OCH3 is 5. The highest BCUT2D eigenvalue weighted by Crippen LogP contribution is 2.49. The fourth-order valence-corrected chi connectivity index (χ4v) is 5.32. The van der Waals surface area contributed by atoms with Gasteiger partial charge in [0.1, 0.15) is 5.76 Å². The van der Waals surface area contributed by atoms with E-state index in [4.69, 9.17) is 28.4 Å². The first-order valence-corrected chi connectivity index (χ1v) is 11.6. The third-order valence-corrected chi connectivity index (χ3v) is 7.20. The first kappa shape index (κ1) is 24.7. The summed E-state index contributed by atoms with van der Waals surface area (Å²) < 4.78 is 33.0. The monoisotopic (exact) mass is 483 g/mol. The van der Waals surface area contributed by atoms with E-state index in [1.807, 2.05) is 6.07 Å². The molecular weight excluding hydrogens is 450 g/mol. The van der Waals surface area contributed by atoms with E-state index in [2.05, 4.69) is 30.2 Å². The van der Waals surface area contributed by atoms with E-state index in [9.17, 15) is 4.79 Å². The number of ether oxygens (including phenoxy) is 6. The summed E-state index contributed by atoms with van der Waals surface area (Å²) in [5.41, 5.74) is 1.45. The molecule has 8 heteroatoms. The van der Waals surface area contributed by atoms with Crippen molar-refractivity contribution in [1.82, 2.24) is 4.90 Å². The van der Waals surface area contributed by atoms with Crippen LogP contribution in [0, 0.1) is 0 Å². The van der Waals surface area contributed by atoms with Crippen molar-refractivity contribution in [2.45, 2.75) is 30.7 Å². The third-order valence-electron chi connectivity index (χ3n) is 7.20. The lowest BCUT2D eigenvalue weighted by atomic mass is 9.68. The fraction of sp³-hybridized carbons (Fsp3) is 0.444. The van der Waals surface area contributed by atoms with Crippen molar-refractivity contribution in [3.8, 4) is 28.7 Å². The zero-order valence-corrected chi connectivity index (χ0v) is 21.2. The van der Waals surface area contributed by atoms with Crippen LogP contribution in [0.5, 0.6) is 28.7 Å². The maximum absolute atomic E-state index is 13.1. The van der Waals surface area contributed by atoms with Crippen LogP contribution in [0.4, 0.5) is 0 Å². The number of fused-ring (bicyclic) bond motifs is 1. The van der Waals surface area contributed by atoms with Crippen LogP contribution in [0.1, 0.15) is 35.2 Å². The van der Waals surface area contributed by atoms with Gasteiger partial charge < -0.3 is 28.4 Å². The number of esters is 1. The highest BCUT2D eigenvalue weighted by molar-refractivity contribution is 5.92. The Morgan fingerprint density at radius 2 is 1.51 bits per heavy atom. The Hall–Kier alpha value is -3.39. The van der Waals surface area contributed by atoms with E-state index >= 15 is 0 Å². The Morgan fingerprint density at radius 1 is 0.857 bits per heavy atom. The van der Waals surface area contributed by atoms with Gasteiger partial charge in [0.05, 0.1) is 41.1 Å². The molecule has 2 atom stereocenters. The van der Waals surface area contributed by atoms with Gasteiger partial charge in [-0.2, -0.15) is 0 Å². The molecule has 1 aliphatic carbocycles. The van der Waals surface area contributed by atoms with Crippen molar-refractivity contribution in [3.63, 3.8) is 0 Å². The molecule has 2 aliphatic rings. The summed E-state index contributed by atoms with van der Waals surface area (Å²) in [5, 5.41) is 0. The van der Waals surface area contributed by atoms with Gasteiger partial charge in [0, 0.05) is 17.9 Å². The summed E-state index contributed by atoms with van der Waals surface area (Å²) in [6, 6.07) is 9.45. The van der Waals surface area contributed by atoms with Gasteiger partial charge in [-0.1, -0.05) is 6.07 Å². The molecule has 4 rings (SSSR count). The Balaban J connectivity index is 1.62. The summed E-state index contributed by atoms with van der Waals surface area (Å²) in [7, 11) is 9.94. The number of benzene rings is 2. The van der Waals surface area contributed by atoms with Crippen LogP contribution in [-0.4, -0.2) is 66.1 Å². The minimum Gasteiger partial charge on any atom is -0.493 e. The topological polar surface area (TPSA) is 75.7 Å². The highest BCUT2D eigenvalue weighted by atomic mass is 16.5. The molecule has 0 amide bonds. The van der Waals surface area contributed by atoms with Gasteiger partial charge in [-0.15, -0.1) is 0 Å².